The number of anilines is 2. The molecule has 2 rings (SSSR count). The summed E-state index contributed by atoms with van der Waals surface area (Å²) in [5, 5.41) is 6.59. The predicted octanol–water partition coefficient (Wildman–Crippen LogP) is 1.99. The number of aryl methyl sites for hydroxylation is 2. The van der Waals surface area contributed by atoms with E-state index in [1.165, 1.54) is 0 Å². The highest BCUT2D eigenvalue weighted by molar-refractivity contribution is 7.08. The molecule has 0 aliphatic carbocycles. The second-order valence-corrected chi connectivity index (χ2v) is 4.43. The predicted molar refractivity (Wildman–Crippen MR) is 68.2 cm³/mol. The Hall–Kier alpha value is -1.95. The number of benzene rings is 1. The molecule has 88 valence electrons. The standard InChI is InChI=1S/C11H12N4OS/c1-6-4-3-5-8(12)9(6)13-11(16)10-7(2)14-15-17-10/h3-5H,12H2,1-2H3,(H,13,16). The van der Waals surface area contributed by atoms with Crippen molar-refractivity contribution in [3.63, 3.8) is 0 Å². The van der Waals surface area contributed by atoms with Gasteiger partial charge in [-0.3, -0.25) is 4.79 Å². The van der Waals surface area contributed by atoms with Crippen LogP contribution in [-0.2, 0) is 0 Å². The molecular weight excluding hydrogens is 236 g/mol. The largest absolute Gasteiger partial charge is 0.397 e. The van der Waals surface area contributed by atoms with Gasteiger partial charge in [-0.1, -0.05) is 16.6 Å². The van der Waals surface area contributed by atoms with Gasteiger partial charge in [0.25, 0.3) is 5.91 Å². The van der Waals surface area contributed by atoms with E-state index in [4.69, 9.17) is 5.73 Å². The third-order valence-electron chi connectivity index (χ3n) is 2.40. The minimum atomic E-state index is -0.224. The first-order chi connectivity index (χ1) is 8.09. The molecule has 0 unspecified atom stereocenters. The lowest BCUT2D eigenvalue weighted by molar-refractivity contribution is 0.103. The quantitative estimate of drug-likeness (QED) is 0.796. The lowest BCUT2D eigenvalue weighted by atomic mass is 10.1. The van der Waals surface area contributed by atoms with Crippen LogP contribution >= 0.6 is 11.5 Å². The topological polar surface area (TPSA) is 80.9 Å². The van der Waals surface area contributed by atoms with Crippen LogP contribution in [0.15, 0.2) is 18.2 Å². The smallest absolute Gasteiger partial charge is 0.269 e. The van der Waals surface area contributed by atoms with Crippen molar-refractivity contribution >= 4 is 28.8 Å². The van der Waals surface area contributed by atoms with Gasteiger partial charge in [0.1, 0.15) is 4.88 Å². The molecule has 6 heteroatoms. The first-order valence-corrected chi connectivity index (χ1v) is 5.82. The molecule has 0 spiro atoms. The van der Waals surface area contributed by atoms with Gasteiger partial charge >= 0.3 is 0 Å². The lowest BCUT2D eigenvalue weighted by Crippen LogP contribution is -2.13. The summed E-state index contributed by atoms with van der Waals surface area (Å²) in [6.45, 7) is 3.64. The van der Waals surface area contributed by atoms with Crippen molar-refractivity contribution in [3.8, 4) is 0 Å². The fourth-order valence-electron chi connectivity index (χ4n) is 1.47. The van der Waals surface area contributed by atoms with Gasteiger partial charge in [-0.05, 0) is 37.0 Å². The maximum atomic E-state index is 12.0. The summed E-state index contributed by atoms with van der Waals surface area (Å²) in [4.78, 5) is 12.5. The zero-order chi connectivity index (χ0) is 12.4. The molecule has 1 aromatic heterocycles. The molecular formula is C11H12N4OS. The van der Waals surface area contributed by atoms with Crippen molar-refractivity contribution < 1.29 is 4.79 Å². The minimum Gasteiger partial charge on any atom is -0.397 e. The summed E-state index contributed by atoms with van der Waals surface area (Å²) in [7, 11) is 0. The molecule has 0 aliphatic rings. The van der Waals surface area contributed by atoms with Crippen LogP contribution in [0.4, 0.5) is 11.4 Å². The van der Waals surface area contributed by atoms with E-state index in [2.05, 4.69) is 14.9 Å². The molecule has 0 saturated heterocycles. The van der Waals surface area contributed by atoms with Gasteiger partial charge in [-0.2, -0.15) is 0 Å². The van der Waals surface area contributed by atoms with Crippen LogP contribution in [0.2, 0.25) is 0 Å². The number of hydrogen-bond donors (Lipinski definition) is 2. The Kier molecular flexibility index (Phi) is 3.06. The zero-order valence-corrected chi connectivity index (χ0v) is 10.3. The van der Waals surface area contributed by atoms with Crippen molar-refractivity contribution in [2.24, 2.45) is 0 Å². The van der Waals surface area contributed by atoms with Gasteiger partial charge < -0.3 is 11.1 Å². The average Bonchev–Trinajstić information content (AvgIpc) is 2.70. The number of hydrogen-bond acceptors (Lipinski definition) is 5. The van der Waals surface area contributed by atoms with Gasteiger partial charge in [-0.25, -0.2) is 0 Å². The molecule has 1 aromatic carbocycles. The Morgan fingerprint density at radius 2 is 2.18 bits per heavy atom. The minimum absolute atomic E-state index is 0.224. The zero-order valence-electron chi connectivity index (χ0n) is 9.52. The molecule has 0 bridgehead atoms. The third-order valence-corrected chi connectivity index (χ3v) is 3.23. The van der Waals surface area contributed by atoms with Crippen molar-refractivity contribution in [1.82, 2.24) is 9.59 Å². The molecule has 1 heterocycles. The number of carbonyl (C=O) groups is 1. The second kappa shape index (κ2) is 4.50. The van der Waals surface area contributed by atoms with Crippen molar-refractivity contribution in [2.45, 2.75) is 13.8 Å². The van der Waals surface area contributed by atoms with Crippen LogP contribution < -0.4 is 11.1 Å². The number of nitrogens with one attached hydrogen (secondary N) is 1. The van der Waals surface area contributed by atoms with Gasteiger partial charge in [-0.15, -0.1) is 5.10 Å². The normalized spacial score (nSPS) is 10.2. The number of amides is 1. The fraction of sp³-hybridized carbons (Fsp3) is 0.182. The van der Waals surface area contributed by atoms with Gasteiger partial charge in [0, 0.05) is 0 Å². The van der Waals surface area contributed by atoms with Gasteiger partial charge in [0.05, 0.1) is 17.1 Å². The number of rotatable bonds is 2. The number of nitrogens with two attached hydrogens (primary N) is 1. The first-order valence-electron chi connectivity index (χ1n) is 5.05. The van der Waals surface area contributed by atoms with Crippen molar-refractivity contribution in [3.05, 3.63) is 34.3 Å². The summed E-state index contributed by atoms with van der Waals surface area (Å²) in [6, 6.07) is 5.49. The van der Waals surface area contributed by atoms with E-state index in [-0.39, 0.29) is 5.91 Å². The van der Waals surface area contributed by atoms with E-state index in [1.807, 2.05) is 19.1 Å². The highest BCUT2D eigenvalue weighted by Crippen LogP contribution is 2.23. The monoisotopic (exact) mass is 248 g/mol. The number of para-hydroxylation sites is 1. The third kappa shape index (κ3) is 2.26. The van der Waals surface area contributed by atoms with Crippen LogP contribution in [0.1, 0.15) is 20.9 Å². The highest BCUT2D eigenvalue weighted by atomic mass is 32.1. The second-order valence-electron chi connectivity index (χ2n) is 3.68. The molecule has 0 radical (unpaired) electrons. The molecule has 1 amide bonds. The molecule has 2 aromatic rings. The van der Waals surface area contributed by atoms with E-state index < -0.39 is 0 Å². The summed E-state index contributed by atoms with van der Waals surface area (Å²) in [5.74, 6) is -0.224. The maximum Gasteiger partial charge on any atom is 0.269 e. The summed E-state index contributed by atoms with van der Waals surface area (Å²) >= 11 is 1.07. The highest BCUT2D eigenvalue weighted by Gasteiger charge is 2.15. The SMILES string of the molecule is Cc1cccc(N)c1NC(=O)c1snnc1C. The van der Waals surface area contributed by atoms with Crippen molar-refractivity contribution in [2.75, 3.05) is 11.1 Å². The Balaban J connectivity index is 2.28. The summed E-state index contributed by atoms with van der Waals surface area (Å²) in [5.41, 5.74) is 8.56. The molecule has 0 saturated carbocycles. The Labute approximate surface area is 103 Å². The van der Waals surface area contributed by atoms with Gasteiger partial charge in [0.2, 0.25) is 0 Å². The molecule has 0 fully saturated rings. The Bertz CT molecular complexity index is 544. The fourth-order valence-corrected chi connectivity index (χ4v) is 2.02. The maximum absolute atomic E-state index is 12.0. The molecule has 5 nitrogen and oxygen atoms in total. The Morgan fingerprint density at radius 1 is 1.41 bits per heavy atom. The van der Waals surface area contributed by atoms with E-state index in [1.54, 1.807) is 13.0 Å². The molecule has 17 heavy (non-hydrogen) atoms. The van der Waals surface area contributed by atoms with Crippen LogP contribution in [0, 0.1) is 13.8 Å². The molecule has 0 atom stereocenters. The summed E-state index contributed by atoms with van der Waals surface area (Å²) in [6.07, 6.45) is 0. The van der Waals surface area contributed by atoms with Crippen LogP contribution in [0.25, 0.3) is 0 Å². The van der Waals surface area contributed by atoms with Crippen molar-refractivity contribution in [1.29, 1.82) is 0 Å². The van der Waals surface area contributed by atoms with Crippen LogP contribution in [0.5, 0.6) is 0 Å². The van der Waals surface area contributed by atoms with E-state index in [0.29, 0.717) is 21.9 Å². The van der Waals surface area contributed by atoms with Crippen LogP contribution in [-0.4, -0.2) is 15.5 Å². The van der Waals surface area contributed by atoms with E-state index in [0.717, 1.165) is 17.1 Å². The molecule has 0 aliphatic heterocycles. The van der Waals surface area contributed by atoms with E-state index in [9.17, 15) is 4.79 Å². The number of aromatic nitrogens is 2. The van der Waals surface area contributed by atoms with E-state index >= 15 is 0 Å². The Morgan fingerprint density at radius 3 is 2.76 bits per heavy atom. The number of nitrogens with zero attached hydrogens (tertiary/aromatic N) is 2. The lowest BCUT2D eigenvalue weighted by Gasteiger charge is -2.10. The van der Waals surface area contributed by atoms with Crippen LogP contribution in [0.3, 0.4) is 0 Å². The number of nitrogen functional groups attached to an aromatic ring is 1. The average molecular weight is 248 g/mol. The number of carbonyl (C=O) groups excluding carboxylic acids is 1. The van der Waals surface area contributed by atoms with Gasteiger partial charge in [0.15, 0.2) is 0 Å². The summed E-state index contributed by atoms with van der Waals surface area (Å²) < 4.78 is 3.73. The first kappa shape index (κ1) is 11.5. The molecule has 3 N–H and O–H groups in total.